The fourth-order valence-electron chi connectivity index (χ4n) is 3.56. The van der Waals surface area contributed by atoms with Crippen LogP contribution in [0.15, 0.2) is 42.5 Å². The fraction of sp³-hybridized carbons (Fsp3) is 0.286. The molecule has 1 aliphatic rings. The molecule has 1 aliphatic heterocycles. The molecule has 0 aliphatic carbocycles. The number of fused-ring (bicyclic) bond motifs is 1. The number of nitrogens with zero attached hydrogens (tertiary/aromatic N) is 3. The van der Waals surface area contributed by atoms with Crippen LogP contribution in [0.1, 0.15) is 23.3 Å². The van der Waals surface area contributed by atoms with Gasteiger partial charge in [0, 0.05) is 24.2 Å². The highest BCUT2D eigenvalue weighted by Gasteiger charge is 2.25. The zero-order valence-electron chi connectivity index (χ0n) is 16.0. The van der Waals surface area contributed by atoms with Gasteiger partial charge in [0.2, 0.25) is 5.91 Å². The molecular formula is C21H21ClN4O3. The van der Waals surface area contributed by atoms with Gasteiger partial charge in [-0.2, -0.15) is 5.10 Å². The third-order valence-electron chi connectivity index (χ3n) is 4.98. The average molecular weight is 413 g/mol. The number of rotatable bonds is 5. The third kappa shape index (κ3) is 3.91. The van der Waals surface area contributed by atoms with E-state index in [-0.39, 0.29) is 18.4 Å². The number of carbonyl (C=O) groups excluding carboxylic acids is 2. The van der Waals surface area contributed by atoms with Gasteiger partial charge in [-0.1, -0.05) is 29.8 Å². The topological polar surface area (TPSA) is 76.5 Å². The van der Waals surface area contributed by atoms with Crippen molar-refractivity contribution in [1.29, 1.82) is 0 Å². The van der Waals surface area contributed by atoms with Crippen LogP contribution in [0.2, 0.25) is 5.02 Å². The maximum Gasteiger partial charge on any atom is 0.275 e. The second-order valence-electron chi connectivity index (χ2n) is 6.92. The summed E-state index contributed by atoms with van der Waals surface area (Å²) in [5.41, 5.74) is 1.70. The van der Waals surface area contributed by atoms with Gasteiger partial charge in [0.05, 0.1) is 17.6 Å². The molecule has 4 rings (SSSR count). The van der Waals surface area contributed by atoms with E-state index in [9.17, 15) is 9.59 Å². The molecule has 8 heteroatoms. The maximum absolute atomic E-state index is 12.9. The van der Waals surface area contributed by atoms with E-state index >= 15 is 0 Å². The van der Waals surface area contributed by atoms with Crippen molar-refractivity contribution >= 4 is 40.0 Å². The summed E-state index contributed by atoms with van der Waals surface area (Å²) in [6.45, 7) is 1.48. The number of amides is 2. The first kappa shape index (κ1) is 19.3. The van der Waals surface area contributed by atoms with Crippen LogP contribution in [0.25, 0.3) is 10.9 Å². The number of anilines is 1. The summed E-state index contributed by atoms with van der Waals surface area (Å²) >= 11 is 6.12. The zero-order valence-corrected chi connectivity index (χ0v) is 16.8. The molecule has 2 aromatic carbocycles. The van der Waals surface area contributed by atoms with Crippen LogP contribution in [-0.4, -0.2) is 46.7 Å². The summed E-state index contributed by atoms with van der Waals surface area (Å²) in [5, 5.41) is 8.45. The Hall–Kier alpha value is -3.06. The van der Waals surface area contributed by atoms with Crippen molar-refractivity contribution in [3.63, 3.8) is 0 Å². The van der Waals surface area contributed by atoms with E-state index in [4.69, 9.17) is 16.3 Å². The number of nitrogens with one attached hydrogen (secondary N) is 1. The summed E-state index contributed by atoms with van der Waals surface area (Å²) in [6.07, 6.45) is 2.02. The number of hydrogen-bond acceptors (Lipinski definition) is 4. The molecule has 0 radical (unpaired) electrons. The Balaban J connectivity index is 1.57. The number of likely N-dealkylation sites (tertiary alicyclic amines) is 1. The molecule has 1 saturated heterocycles. The molecule has 0 saturated carbocycles. The summed E-state index contributed by atoms with van der Waals surface area (Å²) in [6, 6.07) is 12.5. The first-order valence-electron chi connectivity index (χ1n) is 9.45. The van der Waals surface area contributed by atoms with Gasteiger partial charge < -0.3 is 15.0 Å². The second kappa shape index (κ2) is 8.13. The molecule has 0 atom stereocenters. The van der Waals surface area contributed by atoms with E-state index in [2.05, 4.69) is 10.4 Å². The highest BCUT2D eigenvalue weighted by atomic mass is 35.5. The number of methoxy groups -OCH3 is 1. The zero-order chi connectivity index (χ0) is 20.4. The summed E-state index contributed by atoms with van der Waals surface area (Å²) in [7, 11) is 1.53. The largest absolute Gasteiger partial charge is 0.495 e. The van der Waals surface area contributed by atoms with E-state index in [0.29, 0.717) is 22.2 Å². The van der Waals surface area contributed by atoms with Crippen molar-refractivity contribution in [1.82, 2.24) is 14.7 Å². The molecule has 2 amide bonds. The molecule has 0 unspecified atom stereocenters. The summed E-state index contributed by atoms with van der Waals surface area (Å²) in [5.74, 6) is 0.187. The monoisotopic (exact) mass is 412 g/mol. The van der Waals surface area contributed by atoms with Crippen LogP contribution in [0.4, 0.5) is 5.69 Å². The van der Waals surface area contributed by atoms with E-state index in [1.807, 2.05) is 29.2 Å². The number of carbonyl (C=O) groups is 2. The van der Waals surface area contributed by atoms with E-state index in [1.54, 1.807) is 22.9 Å². The molecule has 2 heterocycles. The van der Waals surface area contributed by atoms with Crippen molar-refractivity contribution < 1.29 is 14.3 Å². The number of ether oxygens (including phenoxy) is 1. The lowest BCUT2D eigenvalue weighted by Gasteiger charge is -2.13. The highest BCUT2D eigenvalue weighted by molar-refractivity contribution is 6.32. The normalized spacial score (nSPS) is 13.7. The number of halogens is 1. The van der Waals surface area contributed by atoms with Gasteiger partial charge in [0.25, 0.3) is 5.91 Å². The first-order chi connectivity index (χ1) is 14.1. The molecule has 0 bridgehead atoms. The van der Waals surface area contributed by atoms with Crippen LogP contribution < -0.4 is 10.1 Å². The second-order valence-corrected chi connectivity index (χ2v) is 7.33. The Morgan fingerprint density at radius 2 is 1.93 bits per heavy atom. The van der Waals surface area contributed by atoms with E-state index in [1.165, 1.54) is 7.11 Å². The quantitative estimate of drug-likeness (QED) is 0.695. The van der Waals surface area contributed by atoms with Crippen molar-refractivity contribution in [3.05, 3.63) is 53.2 Å². The molecule has 3 aromatic rings. The predicted octanol–water partition coefficient (Wildman–Crippen LogP) is 3.57. The fourth-order valence-corrected chi connectivity index (χ4v) is 3.81. The van der Waals surface area contributed by atoms with Gasteiger partial charge in [0.15, 0.2) is 5.69 Å². The van der Waals surface area contributed by atoms with Crippen molar-refractivity contribution in [2.45, 2.75) is 19.4 Å². The number of hydrogen-bond donors (Lipinski definition) is 1. The van der Waals surface area contributed by atoms with Crippen LogP contribution >= 0.6 is 11.6 Å². The minimum atomic E-state index is -0.264. The Morgan fingerprint density at radius 1 is 1.17 bits per heavy atom. The molecule has 1 fully saturated rings. The number of aromatic nitrogens is 2. The average Bonchev–Trinajstić information content (AvgIpc) is 3.37. The van der Waals surface area contributed by atoms with Crippen LogP contribution in [-0.2, 0) is 11.3 Å². The first-order valence-corrected chi connectivity index (χ1v) is 9.83. The van der Waals surface area contributed by atoms with Crippen LogP contribution in [0, 0.1) is 0 Å². The lowest BCUT2D eigenvalue weighted by Crippen LogP contribution is -2.28. The molecule has 1 N–H and O–H groups in total. The lowest BCUT2D eigenvalue weighted by molar-refractivity contribution is -0.116. The van der Waals surface area contributed by atoms with Gasteiger partial charge in [-0.3, -0.25) is 14.3 Å². The SMILES string of the molecule is COc1ccc(NC(=O)Cn2nc(C(=O)N3CCCC3)c3ccccc32)cc1Cl. The highest BCUT2D eigenvalue weighted by Crippen LogP contribution is 2.27. The minimum absolute atomic E-state index is 0.0164. The van der Waals surface area contributed by atoms with Gasteiger partial charge in [-0.25, -0.2) is 0 Å². The Kier molecular flexibility index (Phi) is 5.40. The Morgan fingerprint density at radius 3 is 2.66 bits per heavy atom. The maximum atomic E-state index is 12.9. The van der Waals surface area contributed by atoms with Gasteiger partial charge in [-0.05, 0) is 37.1 Å². The number of para-hydroxylation sites is 1. The Bertz CT molecular complexity index is 1070. The molecule has 1 aromatic heterocycles. The molecule has 29 heavy (non-hydrogen) atoms. The van der Waals surface area contributed by atoms with Crippen molar-refractivity contribution in [2.75, 3.05) is 25.5 Å². The molecule has 7 nitrogen and oxygen atoms in total. The summed E-state index contributed by atoms with van der Waals surface area (Å²) < 4.78 is 6.69. The minimum Gasteiger partial charge on any atom is -0.495 e. The standard InChI is InChI=1S/C21H21ClN4O3/c1-29-18-9-8-14(12-16(18)22)23-19(27)13-26-17-7-3-2-6-15(17)20(24-26)21(28)25-10-4-5-11-25/h2-3,6-9,12H,4-5,10-11,13H2,1H3,(H,23,27). The lowest BCUT2D eigenvalue weighted by atomic mass is 10.2. The van der Waals surface area contributed by atoms with Gasteiger partial charge in [0.1, 0.15) is 12.3 Å². The predicted molar refractivity (Wildman–Crippen MR) is 112 cm³/mol. The molecule has 150 valence electrons. The number of benzene rings is 2. The van der Waals surface area contributed by atoms with Crippen LogP contribution in [0.3, 0.4) is 0 Å². The van der Waals surface area contributed by atoms with Crippen molar-refractivity contribution in [2.24, 2.45) is 0 Å². The van der Waals surface area contributed by atoms with Gasteiger partial charge in [-0.15, -0.1) is 0 Å². The van der Waals surface area contributed by atoms with E-state index in [0.717, 1.165) is 36.8 Å². The Labute approximate surface area is 173 Å². The van der Waals surface area contributed by atoms with E-state index < -0.39 is 0 Å². The molecule has 0 spiro atoms. The smallest absolute Gasteiger partial charge is 0.275 e. The third-order valence-corrected chi connectivity index (χ3v) is 5.28. The van der Waals surface area contributed by atoms with Crippen LogP contribution in [0.5, 0.6) is 5.75 Å². The van der Waals surface area contributed by atoms with Gasteiger partial charge >= 0.3 is 0 Å². The van der Waals surface area contributed by atoms with Crippen molar-refractivity contribution in [3.8, 4) is 5.75 Å². The summed E-state index contributed by atoms with van der Waals surface area (Å²) in [4.78, 5) is 27.3. The molecular weight excluding hydrogens is 392 g/mol.